The van der Waals surface area contributed by atoms with Gasteiger partial charge in [0.1, 0.15) is 5.82 Å². The topological polar surface area (TPSA) is 15.3 Å². The molecule has 106 valence electrons. The maximum Gasteiger partial charge on any atom is 0.127 e. The second kappa shape index (κ2) is 7.01. The predicted octanol–water partition coefficient (Wildman–Crippen LogP) is 3.21. The van der Waals surface area contributed by atoms with Crippen LogP contribution < -0.4 is 5.32 Å². The van der Waals surface area contributed by atoms with Gasteiger partial charge in [0.05, 0.1) is 0 Å². The molecule has 0 radical (unpaired) electrons. The molecule has 0 unspecified atom stereocenters. The Morgan fingerprint density at radius 2 is 1.84 bits per heavy atom. The van der Waals surface area contributed by atoms with Crippen molar-refractivity contribution < 1.29 is 4.39 Å². The first kappa shape index (κ1) is 14.5. The van der Waals surface area contributed by atoms with E-state index in [2.05, 4.69) is 24.1 Å². The minimum Gasteiger partial charge on any atom is -0.314 e. The Balaban J connectivity index is 2.15. The van der Waals surface area contributed by atoms with Crippen LogP contribution in [0.5, 0.6) is 0 Å². The van der Waals surface area contributed by atoms with Crippen LogP contribution in [0.15, 0.2) is 24.3 Å². The zero-order valence-electron chi connectivity index (χ0n) is 12.0. The summed E-state index contributed by atoms with van der Waals surface area (Å²) in [6, 6.07) is 7.48. The van der Waals surface area contributed by atoms with E-state index >= 15 is 0 Å². The smallest absolute Gasteiger partial charge is 0.127 e. The molecule has 1 N–H and O–H groups in total. The molecule has 0 spiro atoms. The number of benzene rings is 1. The van der Waals surface area contributed by atoms with Crippen molar-refractivity contribution in [2.75, 3.05) is 26.2 Å². The Morgan fingerprint density at radius 1 is 1.16 bits per heavy atom. The summed E-state index contributed by atoms with van der Waals surface area (Å²) in [5, 5.41) is 3.37. The molecule has 1 heterocycles. The Morgan fingerprint density at radius 3 is 2.47 bits per heavy atom. The molecular formula is C16H25FN2. The number of nitrogens with one attached hydrogen (secondary N) is 1. The van der Waals surface area contributed by atoms with Crippen LogP contribution >= 0.6 is 0 Å². The highest BCUT2D eigenvalue weighted by Gasteiger charge is 2.24. The van der Waals surface area contributed by atoms with E-state index in [4.69, 9.17) is 0 Å². The summed E-state index contributed by atoms with van der Waals surface area (Å²) in [7, 11) is 0. The summed E-state index contributed by atoms with van der Waals surface area (Å²) in [5.41, 5.74) is 0.866. The van der Waals surface area contributed by atoms with Crippen LogP contribution in [0.2, 0.25) is 0 Å². The molecule has 1 atom stereocenters. The summed E-state index contributed by atoms with van der Waals surface area (Å²) < 4.78 is 14.1. The fourth-order valence-corrected chi connectivity index (χ4v) is 2.77. The van der Waals surface area contributed by atoms with Crippen molar-refractivity contribution in [3.63, 3.8) is 0 Å². The van der Waals surface area contributed by atoms with Crippen LogP contribution in [-0.2, 0) is 0 Å². The maximum atomic E-state index is 14.1. The van der Waals surface area contributed by atoms with Crippen LogP contribution in [0.4, 0.5) is 4.39 Å². The fourth-order valence-electron chi connectivity index (χ4n) is 2.77. The van der Waals surface area contributed by atoms with Crippen molar-refractivity contribution in [3.8, 4) is 0 Å². The van der Waals surface area contributed by atoms with Crippen LogP contribution in [0.1, 0.15) is 38.3 Å². The standard InChI is InChI=1S/C16H25FN2/c1-13(2)7-8-16(19-11-9-18-10-12-19)14-5-3-4-6-15(14)17/h3-6,13,16,18H,7-12H2,1-2H3/t16-/m0/s1. The third kappa shape index (κ3) is 4.02. The van der Waals surface area contributed by atoms with E-state index in [1.807, 2.05) is 12.1 Å². The molecule has 3 heteroatoms. The molecular weight excluding hydrogens is 239 g/mol. The predicted molar refractivity (Wildman–Crippen MR) is 77.7 cm³/mol. The van der Waals surface area contributed by atoms with E-state index in [1.54, 1.807) is 12.1 Å². The van der Waals surface area contributed by atoms with Gasteiger partial charge >= 0.3 is 0 Å². The van der Waals surface area contributed by atoms with Crippen molar-refractivity contribution >= 4 is 0 Å². The Labute approximate surface area is 116 Å². The Bertz CT molecular complexity index is 386. The molecule has 0 aromatic heterocycles. The van der Waals surface area contributed by atoms with Gasteiger partial charge in [-0.15, -0.1) is 0 Å². The minimum absolute atomic E-state index is 0.0604. The molecule has 0 saturated carbocycles. The largest absolute Gasteiger partial charge is 0.314 e. The molecule has 1 aromatic rings. The highest BCUT2D eigenvalue weighted by Crippen LogP contribution is 2.29. The van der Waals surface area contributed by atoms with Crippen molar-refractivity contribution in [3.05, 3.63) is 35.6 Å². The summed E-state index contributed by atoms with van der Waals surface area (Å²) >= 11 is 0. The van der Waals surface area contributed by atoms with Crippen molar-refractivity contribution in [2.24, 2.45) is 5.92 Å². The quantitative estimate of drug-likeness (QED) is 0.878. The van der Waals surface area contributed by atoms with Gasteiger partial charge in [0.15, 0.2) is 0 Å². The summed E-state index contributed by atoms with van der Waals surface area (Å²) in [5.74, 6) is 0.604. The molecule has 1 aromatic carbocycles. The van der Waals surface area contributed by atoms with Crippen molar-refractivity contribution in [1.82, 2.24) is 10.2 Å². The highest BCUT2D eigenvalue weighted by atomic mass is 19.1. The lowest BCUT2D eigenvalue weighted by Crippen LogP contribution is -2.45. The molecule has 0 aliphatic carbocycles. The molecule has 2 nitrogen and oxygen atoms in total. The lowest BCUT2D eigenvalue weighted by atomic mass is 9.95. The van der Waals surface area contributed by atoms with E-state index in [9.17, 15) is 4.39 Å². The Kier molecular flexibility index (Phi) is 5.34. The van der Waals surface area contributed by atoms with E-state index < -0.39 is 0 Å². The summed E-state index contributed by atoms with van der Waals surface area (Å²) in [4.78, 5) is 2.43. The summed E-state index contributed by atoms with van der Waals surface area (Å²) in [6.07, 6.45) is 2.18. The molecule has 1 fully saturated rings. The van der Waals surface area contributed by atoms with Gasteiger partial charge in [-0.05, 0) is 24.8 Å². The zero-order chi connectivity index (χ0) is 13.7. The number of piperazine rings is 1. The normalized spacial score (nSPS) is 18.7. The van der Waals surface area contributed by atoms with E-state index in [1.165, 1.54) is 0 Å². The van der Waals surface area contributed by atoms with Crippen LogP contribution in [0.25, 0.3) is 0 Å². The second-order valence-corrected chi connectivity index (χ2v) is 5.79. The first-order valence-corrected chi connectivity index (χ1v) is 7.37. The molecule has 0 bridgehead atoms. The molecule has 1 aliphatic heterocycles. The van der Waals surface area contributed by atoms with Gasteiger partial charge in [0, 0.05) is 37.8 Å². The van der Waals surface area contributed by atoms with Crippen molar-refractivity contribution in [2.45, 2.75) is 32.7 Å². The van der Waals surface area contributed by atoms with Gasteiger partial charge in [-0.3, -0.25) is 4.90 Å². The lowest BCUT2D eigenvalue weighted by Gasteiger charge is -2.35. The maximum absolute atomic E-state index is 14.1. The van der Waals surface area contributed by atoms with Crippen LogP contribution in [-0.4, -0.2) is 31.1 Å². The minimum atomic E-state index is -0.0604. The van der Waals surface area contributed by atoms with E-state index in [0.29, 0.717) is 5.92 Å². The first-order chi connectivity index (χ1) is 9.18. The molecule has 1 aliphatic rings. The highest BCUT2D eigenvalue weighted by molar-refractivity contribution is 5.21. The van der Waals surface area contributed by atoms with Gasteiger partial charge in [0.2, 0.25) is 0 Å². The second-order valence-electron chi connectivity index (χ2n) is 5.79. The first-order valence-electron chi connectivity index (χ1n) is 7.37. The zero-order valence-corrected chi connectivity index (χ0v) is 12.0. The van der Waals surface area contributed by atoms with Gasteiger partial charge in [-0.1, -0.05) is 32.0 Å². The molecule has 19 heavy (non-hydrogen) atoms. The number of rotatable bonds is 5. The molecule has 1 saturated heterocycles. The van der Waals surface area contributed by atoms with E-state index in [0.717, 1.165) is 44.6 Å². The molecule has 0 amide bonds. The fraction of sp³-hybridized carbons (Fsp3) is 0.625. The van der Waals surface area contributed by atoms with Crippen molar-refractivity contribution in [1.29, 1.82) is 0 Å². The summed E-state index contributed by atoms with van der Waals surface area (Å²) in [6.45, 7) is 8.50. The van der Waals surface area contributed by atoms with Crippen LogP contribution in [0.3, 0.4) is 0 Å². The van der Waals surface area contributed by atoms with Crippen LogP contribution in [0, 0.1) is 11.7 Å². The van der Waals surface area contributed by atoms with Gasteiger partial charge < -0.3 is 5.32 Å². The average molecular weight is 264 g/mol. The number of hydrogen-bond acceptors (Lipinski definition) is 2. The third-order valence-electron chi connectivity index (χ3n) is 3.87. The molecule has 2 rings (SSSR count). The van der Waals surface area contributed by atoms with Gasteiger partial charge in [-0.2, -0.15) is 0 Å². The van der Waals surface area contributed by atoms with Gasteiger partial charge in [0.25, 0.3) is 0 Å². The number of hydrogen-bond donors (Lipinski definition) is 1. The average Bonchev–Trinajstić information content (AvgIpc) is 2.42. The Hall–Kier alpha value is -0.930. The number of nitrogens with zero attached hydrogens (tertiary/aromatic N) is 1. The monoisotopic (exact) mass is 264 g/mol. The number of halogens is 1. The SMILES string of the molecule is CC(C)CC[C@@H](c1ccccc1F)N1CCNCC1. The van der Waals surface area contributed by atoms with E-state index in [-0.39, 0.29) is 11.9 Å². The third-order valence-corrected chi connectivity index (χ3v) is 3.87. The van der Waals surface area contributed by atoms with Gasteiger partial charge in [-0.25, -0.2) is 4.39 Å². The lowest BCUT2D eigenvalue weighted by molar-refractivity contribution is 0.156.